The van der Waals surface area contributed by atoms with E-state index in [9.17, 15) is 9.90 Å². The smallest absolute Gasteiger partial charge is 0.248 e. The Morgan fingerprint density at radius 3 is 3.04 bits per heavy atom. The number of hydrogen-bond acceptors (Lipinski definition) is 5. The van der Waals surface area contributed by atoms with E-state index in [1.807, 2.05) is 18.2 Å². The van der Waals surface area contributed by atoms with Crippen LogP contribution in [0.4, 0.5) is 0 Å². The molecule has 7 heteroatoms. The molecule has 2 heterocycles. The molecule has 2 aromatic rings. The molecule has 0 aliphatic carbocycles. The Bertz CT molecular complexity index is 673. The number of β-amino-alcohol motifs (C(OH)–C–C–N with tert-alkyl or cyclic N) is 1. The van der Waals surface area contributed by atoms with Crippen molar-refractivity contribution in [1.29, 1.82) is 0 Å². The quantitative estimate of drug-likeness (QED) is 0.832. The maximum absolute atomic E-state index is 11.3. The summed E-state index contributed by atoms with van der Waals surface area (Å²) in [5, 5.41) is 18.5. The SMILES string of the molecule is NC(=O)c1cccc(CN2CCCC(O)(Cn3ccnn3)C2)c1. The summed E-state index contributed by atoms with van der Waals surface area (Å²) < 4.78 is 1.66. The van der Waals surface area contributed by atoms with E-state index in [2.05, 4.69) is 15.2 Å². The molecule has 1 amide bonds. The lowest BCUT2D eigenvalue weighted by molar-refractivity contribution is -0.0478. The summed E-state index contributed by atoms with van der Waals surface area (Å²) in [6.07, 6.45) is 5.03. The van der Waals surface area contributed by atoms with Gasteiger partial charge in [-0.25, -0.2) is 4.68 Å². The van der Waals surface area contributed by atoms with Crippen LogP contribution < -0.4 is 5.73 Å². The average molecular weight is 315 g/mol. The molecule has 3 N–H and O–H groups in total. The number of primary amides is 1. The topological polar surface area (TPSA) is 97.3 Å². The van der Waals surface area contributed by atoms with E-state index in [0.29, 0.717) is 25.2 Å². The number of nitrogens with two attached hydrogens (primary N) is 1. The normalized spacial score (nSPS) is 22.1. The van der Waals surface area contributed by atoms with Crippen LogP contribution in [0.2, 0.25) is 0 Å². The molecule has 1 aliphatic heterocycles. The van der Waals surface area contributed by atoms with E-state index in [1.54, 1.807) is 23.1 Å². The number of benzene rings is 1. The summed E-state index contributed by atoms with van der Waals surface area (Å²) in [6, 6.07) is 7.33. The second kappa shape index (κ2) is 6.47. The fourth-order valence-electron chi connectivity index (χ4n) is 3.17. The second-order valence-corrected chi connectivity index (χ2v) is 6.20. The molecule has 0 saturated carbocycles. The molecule has 1 aliphatic rings. The van der Waals surface area contributed by atoms with E-state index in [-0.39, 0.29) is 0 Å². The first-order valence-corrected chi connectivity index (χ1v) is 7.72. The number of nitrogens with zero attached hydrogens (tertiary/aromatic N) is 4. The number of rotatable bonds is 5. The van der Waals surface area contributed by atoms with Gasteiger partial charge in [0.05, 0.1) is 18.3 Å². The Labute approximate surface area is 134 Å². The Balaban J connectivity index is 1.66. The minimum Gasteiger partial charge on any atom is -0.387 e. The van der Waals surface area contributed by atoms with E-state index >= 15 is 0 Å². The zero-order valence-electron chi connectivity index (χ0n) is 12.9. The summed E-state index contributed by atoms with van der Waals surface area (Å²) in [7, 11) is 0. The molecule has 23 heavy (non-hydrogen) atoms. The Kier molecular flexibility index (Phi) is 4.40. The summed E-state index contributed by atoms with van der Waals surface area (Å²) in [6.45, 7) is 2.60. The first-order valence-electron chi connectivity index (χ1n) is 7.72. The highest BCUT2D eigenvalue weighted by Crippen LogP contribution is 2.24. The third kappa shape index (κ3) is 3.94. The fraction of sp³-hybridized carbons (Fsp3) is 0.438. The van der Waals surface area contributed by atoms with Crippen molar-refractivity contribution in [2.24, 2.45) is 5.73 Å². The van der Waals surface area contributed by atoms with Gasteiger partial charge in [-0.1, -0.05) is 17.3 Å². The molecule has 1 saturated heterocycles. The largest absolute Gasteiger partial charge is 0.387 e. The molecule has 122 valence electrons. The van der Waals surface area contributed by atoms with Crippen LogP contribution in [0.3, 0.4) is 0 Å². The van der Waals surface area contributed by atoms with E-state index in [0.717, 1.165) is 24.9 Å². The van der Waals surface area contributed by atoms with Crippen LogP contribution in [-0.2, 0) is 13.1 Å². The molecule has 1 unspecified atom stereocenters. The van der Waals surface area contributed by atoms with Gasteiger partial charge >= 0.3 is 0 Å². The van der Waals surface area contributed by atoms with Crippen LogP contribution in [0.15, 0.2) is 36.7 Å². The summed E-state index contributed by atoms with van der Waals surface area (Å²) in [5.74, 6) is -0.423. The number of amides is 1. The number of carbonyl (C=O) groups excluding carboxylic acids is 1. The van der Waals surface area contributed by atoms with Crippen molar-refractivity contribution >= 4 is 5.91 Å². The van der Waals surface area contributed by atoms with Crippen molar-refractivity contribution in [1.82, 2.24) is 19.9 Å². The van der Waals surface area contributed by atoms with Gasteiger partial charge in [0.25, 0.3) is 0 Å². The molecular formula is C16H21N5O2. The van der Waals surface area contributed by atoms with Crippen LogP contribution in [0.25, 0.3) is 0 Å². The first-order chi connectivity index (χ1) is 11.0. The number of aliphatic hydroxyl groups is 1. The second-order valence-electron chi connectivity index (χ2n) is 6.20. The van der Waals surface area contributed by atoms with Gasteiger partial charge in [0.2, 0.25) is 5.91 Å². The first kappa shape index (κ1) is 15.6. The minimum absolute atomic E-state index is 0.423. The van der Waals surface area contributed by atoms with Crippen molar-refractivity contribution in [3.63, 3.8) is 0 Å². The zero-order chi connectivity index (χ0) is 16.3. The predicted molar refractivity (Wildman–Crippen MR) is 84.4 cm³/mol. The maximum atomic E-state index is 11.3. The van der Waals surface area contributed by atoms with Gasteiger partial charge in [0.15, 0.2) is 0 Å². The van der Waals surface area contributed by atoms with E-state index < -0.39 is 11.5 Å². The molecule has 3 rings (SSSR count). The van der Waals surface area contributed by atoms with Crippen molar-refractivity contribution in [2.75, 3.05) is 13.1 Å². The van der Waals surface area contributed by atoms with E-state index in [1.165, 1.54) is 0 Å². The lowest BCUT2D eigenvalue weighted by atomic mass is 9.92. The van der Waals surface area contributed by atoms with Gasteiger partial charge in [-0.05, 0) is 37.1 Å². The maximum Gasteiger partial charge on any atom is 0.248 e. The number of carbonyl (C=O) groups is 1. The van der Waals surface area contributed by atoms with Crippen LogP contribution in [-0.4, -0.2) is 49.6 Å². The van der Waals surface area contributed by atoms with Crippen LogP contribution in [0, 0.1) is 0 Å². The molecule has 0 bridgehead atoms. The standard InChI is InChI=1S/C16H21N5O2/c17-15(22)14-4-1-3-13(9-14)10-20-7-2-5-16(23,11-20)12-21-8-6-18-19-21/h1,3-4,6,8-9,23H,2,5,7,10-12H2,(H2,17,22). The third-order valence-corrected chi connectivity index (χ3v) is 4.18. The van der Waals surface area contributed by atoms with Gasteiger partial charge in [-0.15, -0.1) is 5.10 Å². The lowest BCUT2D eigenvalue weighted by Crippen LogP contribution is -2.50. The monoisotopic (exact) mass is 315 g/mol. The molecule has 0 spiro atoms. The van der Waals surface area contributed by atoms with Crippen molar-refractivity contribution in [2.45, 2.75) is 31.5 Å². The predicted octanol–water partition coefficient (Wildman–Crippen LogP) is 0.404. The number of likely N-dealkylation sites (tertiary alicyclic amines) is 1. The zero-order valence-corrected chi connectivity index (χ0v) is 12.9. The highest BCUT2D eigenvalue weighted by Gasteiger charge is 2.33. The summed E-state index contributed by atoms with van der Waals surface area (Å²) in [4.78, 5) is 13.5. The Morgan fingerprint density at radius 2 is 2.30 bits per heavy atom. The Morgan fingerprint density at radius 1 is 1.43 bits per heavy atom. The number of piperidine rings is 1. The highest BCUT2D eigenvalue weighted by molar-refractivity contribution is 5.92. The van der Waals surface area contributed by atoms with Gasteiger partial charge < -0.3 is 10.8 Å². The molecule has 1 aromatic carbocycles. The Hall–Kier alpha value is -2.25. The van der Waals surface area contributed by atoms with Gasteiger partial charge in [0, 0.05) is 24.8 Å². The molecule has 0 radical (unpaired) electrons. The summed E-state index contributed by atoms with van der Waals surface area (Å²) >= 11 is 0. The van der Waals surface area contributed by atoms with Gasteiger partial charge in [-0.2, -0.15) is 0 Å². The van der Waals surface area contributed by atoms with Gasteiger partial charge in [-0.3, -0.25) is 9.69 Å². The van der Waals surface area contributed by atoms with Crippen LogP contribution >= 0.6 is 0 Å². The van der Waals surface area contributed by atoms with Crippen LogP contribution in [0.5, 0.6) is 0 Å². The fourth-order valence-corrected chi connectivity index (χ4v) is 3.17. The summed E-state index contributed by atoms with van der Waals surface area (Å²) in [5.41, 5.74) is 6.05. The third-order valence-electron chi connectivity index (χ3n) is 4.18. The van der Waals surface area contributed by atoms with Gasteiger partial charge in [0.1, 0.15) is 0 Å². The lowest BCUT2D eigenvalue weighted by Gasteiger charge is -2.39. The molecule has 1 atom stereocenters. The molecular weight excluding hydrogens is 294 g/mol. The number of aromatic nitrogens is 3. The van der Waals surface area contributed by atoms with Crippen LogP contribution in [0.1, 0.15) is 28.8 Å². The van der Waals surface area contributed by atoms with Crippen molar-refractivity contribution in [3.8, 4) is 0 Å². The van der Waals surface area contributed by atoms with Crippen molar-refractivity contribution in [3.05, 3.63) is 47.8 Å². The van der Waals surface area contributed by atoms with E-state index in [4.69, 9.17) is 5.73 Å². The average Bonchev–Trinajstić information content (AvgIpc) is 2.99. The molecule has 7 nitrogen and oxygen atoms in total. The molecule has 1 fully saturated rings. The minimum atomic E-state index is -0.812. The van der Waals surface area contributed by atoms with Crippen molar-refractivity contribution < 1.29 is 9.90 Å². The highest BCUT2D eigenvalue weighted by atomic mass is 16.3. The molecule has 1 aromatic heterocycles. The number of hydrogen-bond donors (Lipinski definition) is 2.